The van der Waals surface area contributed by atoms with Gasteiger partial charge in [-0.3, -0.25) is 14.5 Å². The molecular formula is C18H31N3O3. The second kappa shape index (κ2) is 6.73. The molecule has 4 amide bonds. The highest BCUT2D eigenvalue weighted by Gasteiger charge is 2.58. The van der Waals surface area contributed by atoms with Gasteiger partial charge in [0.2, 0.25) is 5.91 Å². The van der Waals surface area contributed by atoms with E-state index < -0.39 is 11.6 Å². The second-order valence-corrected chi connectivity index (χ2v) is 7.91. The Labute approximate surface area is 144 Å². The van der Waals surface area contributed by atoms with Gasteiger partial charge in [-0.15, -0.1) is 0 Å². The molecule has 1 saturated carbocycles. The average molecular weight is 337 g/mol. The molecule has 2 atom stereocenters. The fourth-order valence-electron chi connectivity index (χ4n) is 4.49. The maximum absolute atomic E-state index is 13.1. The van der Waals surface area contributed by atoms with E-state index in [1.54, 1.807) is 4.90 Å². The summed E-state index contributed by atoms with van der Waals surface area (Å²) in [6.45, 7) is 11.6. The normalized spacial score (nSPS) is 30.4. The summed E-state index contributed by atoms with van der Waals surface area (Å²) in [5.41, 5.74) is -0.837. The predicted molar refractivity (Wildman–Crippen MR) is 92.3 cm³/mol. The van der Waals surface area contributed by atoms with Crippen LogP contribution in [-0.2, 0) is 9.59 Å². The number of urea groups is 1. The van der Waals surface area contributed by atoms with Crippen molar-refractivity contribution >= 4 is 17.8 Å². The smallest absolute Gasteiger partial charge is 0.325 e. The SMILES string of the molecule is CC(C)N(C(=O)CN1C(=O)NC2(C1=O)C(C)CCCC2C)C(C)C. The van der Waals surface area contributed by atoms with Crippen molar-refractivity contribution in [3.05, 3.63) is 0 Å². The van der Waals surface area contributed by atoms with Crippen LogP contribution in [0.1, 0.15) is 60.8 Å². The van der Waals surface area contributed by atoms with Crippen LogP contribution in [-0.4, -0.2) is 51.8 Å². The Morgan fingerprint density at radius 3 is 2.12 bits per heavy atom. The number of nitrogens with one attached hydrogen (secondary N) is 1. The minimum atomic E-state index is -0.837. The summed E-state index contributed by atoms with van der Waals surface area (Å²) in [5.74, 6) is -0.238. The monoisotopic (exact) mass is 337 g/mol. The van der Waals surface area contributed by atoms with Crippen molar-refractivity contribution in [1.29, 1.82) is 0 Å². The second-order valence-electron chi connectivity index (χ2n) is 7.91. The number of hydrogen-bond acceptors (Lipinski definition) is 3. The van der Waals surface area contributed by atoms with E-state index in [0.717, 1.165) is 24.2 Å². The molecule has 1 aliphatic carbocycles. The molecule has 0 aromatic carbocycles. The molecule has 0 bridgehead atoms. The molecule has 2 fully saturated rings. The molecule has 0 radical (unpaired) electrons. The third kappa shape index (κ3) is 2.91. The lowest BCUT2D eigenvalue weighted by molar-refractivity contribution is -0.143. The summed E-state index contributed by atoms with van der Waals surface area (Å²) < 4.78 is 0. The number of amides is 4. The van der Waals surface area contributed by atoms with Crippen LogP contribution in [0.15, 0.2) is 0 Å². The van der Waals surface area contributed by atoms with Crippen molar-refractivity contribution in [2.24, 2.45) is 11.8 Å². The van der Waals surface area contributed by atoms with Crippen molar-refractivity contribution < 1.29 is 14.4 Å². The molecule has 2 rings (SSSR count). The molecule has 6 heteroatoms. The molecule has 1 N–H and O–H groups in total. The van der Waals surface area contributed by atoms with Gasteiger partial charge in [0.05, 0.1) is 0 Å². The molecule has 1 spiro atoms. The minimum absolute atomic E-state index is 0.0276. The molecule has 24 heavy (non-hydrogen) atoms. The quantitative estimate of drug-likeness (QED) is 0.801. The highest BCUT2D eigenvalue weighted by molar-refractivity contribution is 6.09. The van der Waals surface area contributed by atoms with Crippen LogP contribution in [0, 0.1) is 11.8 Å². The summed E-state index contributed by atoms with van der Waals surface area (Å²) in [6.07, 6.45) is 2.91. The van der Waals surface area contributed by atoms with E-state index in [9.17, 15) is 14.4 Å². The lowest BCUT2D eigenvalue weighted by Gasteiger charge is -2.42. The molecule has 6 nitrogen and oxygen atoms in total. The van der Waals surface area contributed by atoms with Gasteiger partial charge in [0, 0.05) is 12.1 Å². The first-order chi connectivity index (χ1) is 11.1. The number of carbonyl (C=O) groups is 3. The maximum atomic E-state index is 13.1. The molecule has 1 aliphatic heterocycles. The van der Waals surface area contributed by atoms with Crippen LogP contribution in [0.3, 0.4) is 0 Å². The number of rotatable bonds is 4. The average Bonchev–Trinajstić information content (AvgIpc) is 2.70. The lowest BCUT2D eigenvalue weighted by atomic mass is 9.67. The van der Waals surface area contributed by atoms with Crippen LogP contribution in [0.4, 0.5) is 4.79 Å². The van der Waals surface area contributed by atoms with Crippen LogP contribution in [0.2, 0.25) is 0 Å². The van der Waals surface area contributed by atoms with Crippen molar-refractivity contribution in [3.63, 3.8) is 0 Å². The third-order valence-electron chi connectivity index (χ3n) is 5.68. The van der Waals surface area contributed by atoms with E-state index in [0.29, 0.717) is 0 Å². The Hall–Kier alpha value is -1.59. The van der Waals surface area contributed by atoms with Crippen LogP contribution < -0.4 is 5.32 Å². The van der Waals surface area contributed by atoms with E-state index in [4.69, 9.17) is 0 Å². The zero-order chi connectivity index (χ0) is 18.2. The number of nitrogens with zero attached hydrogens (tertiary/aromatic N) is 2. The highest BCUT2D eigenvalue weighted by Crippen LogP contribution is 2.42. The Morgan fingerprint density at radius 1 is 1.17 bits per heavy atom. The molecule has 1 heterocycles. The first-order valence-electron chi connectivity index (χ1n) is 9.08. The van der Waals surface area contributed by atoms with Crippen LogP contribution in [0.25, 0.3) is 0 Å². The van der Waals surface area contributed by atoms with E-state index in [2.05, 4.69) is 5.32 Å². The van der Waals surface area contributed by atoms with Crippen molar-refractivity contribution in [2.45, 2.75) is 78.4 Å². The molecule has 1 saturated heterocycles. The number of imide groups is 1. The Bertz CT molecular complexity index is 512. The van der Waals surface area contributed by atoms with E-state index >= 15 is 0 Å². The zero-order valence-corrected chi connectivity index (χ0v) is 15.8. The Balaban J connectivity index is 2.22. The predicted octanol–water partition coefficient (Wildman–Crippen LogP) is 2.38. The largest absolute Gasteiger partial charge is 0.336 e. The summed E-state index contributed by atoms with van der Waals surface area (Å²) in [7, 11) is 0. The summed E-state index contributed by atoms with van der Waals surface area (Å²) in [5, 5.41) is 2.94. The van der Waals surface area contributed by atoms with Gasteiger partial charge in [-0.1, -0.05) is 20.3 Å². The van der Waals surface area contributed by atoms with Gasteiger partial charge in [-0.05, 0) is 52.4 Å². The van der Waals surface area contributed by atoms with Crippen molar-refractivity contribution in [3.8, 4) is 0 Å². The molecule has 136 valence electrons. The molecule has 0 aromatic rings. The zero-order valence-electron chi connectivity index (χ0n) is 15.8. The van der Waals surface area contributed by atoms with Gasteiger partial charge in [0.15, 0.2) is 0 Å². The Kier molecular flexibility index (Phi) is 5.25. The van der Waals surface area contributed by atoms with Crippen LogP contribution in [0.5, 0.6) is 0 Å². The fourth-order valence-corrected chi connectivity index (χ4v) is 4.49. The Morgan fingerprint density at radius 2 is 1.67 bits per heavy atom. The van der Waals surface area contributed by atoms with Gasteiger partial charge >= 0.3 is 6.03 Å². The number of carbonyl (C=O) groups excluding carboxylic acids is 3. The first kappa shape index (κ1) is 18.7. The molecule has 0 aromatic heterocycles. The van der Waals surface area contributed by atoms with Gasteiger partial charge in [-0.25, -0.2) is 4.79 Å². The van der Waals surface area contributed by atoms with Crippen molar-refractivity contribution in [1.82, 2.24) is 15.1 Å². The van der Waals surface area contributed by atoms with E-state index in [1.165, 1.54) is 0 Å². The van der Waals surface area contributed by atoms with E-state index in [-0.39, 0.29) is 42.3 Å². The van der Waals surface area contributed by atoms with Crippen LogP contribution >= 0.6 is 0 Å². The van der Waals surface area contributed by atoms with Crippen molar-refractivity contribution in [2.75, 3.05) is 6.54 Å². The summed E-state index contributed by atoms with van der Waals surface area (Å²) in [6, 6.07) is -0.374. The molecular weight excluding hydrogens is 306 g/mol. The van der Waals surface area contributed by atoms with Gasteiger partial charge < -0.3 is 10.2 Å². The third-order valence-corrected chi connectivity index (χ3v) is 5.68. The standard InChI is InChI=1S/C18H31N3O3/c1-11(2)21(12(3)4)15(22)10-20-16(23)18(19-17(20)24)13(5)8-7-9-14(18)6/h11-14H,7-10H2,1-6H3,(H,19,24). The van der Waals surface area contributed by atoms with Gasteiger partial charge in [0.1, 0.15) is 12.1 Å². The minimum Gasteiger partial charge on any atom is -0.336 e. The lowest BCUT2D eigenvalue weighted by Crippen LogP contribution is -2.59. The molecule has 2 aliphatic rings. The number of hydrogen-bond donors (Lipinski definition) is 1. The fraction of sp³-hybridized carbons (Fsp3) is 0.833. The first-order valence-corrected chi connectivity index (χ1v) is 9.08. The summed E-state index contributed by atoms with van der Waals surface area (Å²) >= 11 is 0. The topological polar surface area (TPSA) is 69.7 Å². The maximum Gasteiger partial charge on any atom is 0.325 e. The van der Waals surface area contributed by atoms with Gasteiger partial charge in [-0.2, -0.15) is 0 Å². The van der Waals surface area contributed by atoms with E-state index in [1.807, 2.05) is 41.5 Å². The molecule has 2 unspecified atom stereocenters. The summed E-state index contributed by atoms with van der Waals surface area (Å²) in [4.78, 5) is 41.1. The highest BCUT2D eigenvalue weighted by atomic mass is 16.2. The van der Waals surface area contributed by atoms with Gasteiger partial charge in [0.25, 0.3) is 5.91 Å².